The summed E-state index contributed by atoms with van der Waals surface area (Å²) in [5.41, 5.74) is 3.58. The second-order valence-electron chi connectivity index (χ2n) is 7.08. The van der Waals surface area contributed by atoms with E-state index in [1.165, 1.54) is 6.07 Å². The molecule has 0 atom stereocenters. The fourth-order valence-corrected chi connectivity index (χ4v) is 4.07. The second kappa shape index (κ2) is 6.93. The van der Waals surface area contributed by atoms with E-state index in [2.05, 4.69) is 4.98 Å². The first-order valence-corrected chi connectivity index (χ1v) is 9.69. The van der Waals surface area contributed by atoms with E-state index < -0.39 is 5.97 Å². The zero-order chi connectivity index (χ0) is 20.8. The Balaban J connectivity index is 1.76. The summed E-state index contributed by atoms with van der Waals surface area (Å²) in [6.07, 6.45) is 1.84. The van der Waals surface area contributed by atoms with Crippen LogP contribution in [0.2, 0.25) is 5.02 Å². The van der Waals surface area contributed by atoms with Gasteiger partial charge in [-0.15, -0.1) is 0 Å². The molecule has 0 aliphatic rings. The first-order valence-electron chi connectivity index (χ1n) is 9.32. The van der Waals surface area contributed by atoms with E-state index >= 15 is 0 Å². The Morgan fingerprint density at radius 2 is 1.87 bits per heavy atom. The van der Waals surface area contributed by atoms with Gasteiger partial charge in [-0.1, -0.05) is 23.7 Å². The Labute approximate surface area is 175 Å². The normalized spacial score (nSPS) is 11.4. The summed E-state index contributed by atoms with van der Waals surface area (Å²) in [5, 5.41) is 11.4. The zero-order valence-corrected chi connectivity index (χ0v) is 16.4. The summed E-state index contributed by atoms with van der Waals surface area (Å²) in [6, 6.07) is 19.5. The van der Waals surface area contributed by atoms with Crippen molar-refractivity contribution in [2.45, 2.75) is 6.54 Å². The van der Waals surface area contributed by atoms with Crippen molar-refractivity contribution in [1.82, 2.24) is 14.1 Å². The molecule has 5 rings (SSSR count). The van der Waals surface area contributed by atoms with Gasteiger partial charge in [0.05, 0.1) is 16.7 Å². The molecular formula is C23H16ClN3O3. The molecule has 0 aliphatic heterocycles. The van der Waals surface area contributed by atoms with Crippen LogP contribution in [0.4, 0.5) is 0 Å². The molecule has 148 valence electrons. The van der Waals surface area contributed by atoms with Gasteiger partial charge in [0.25, 0.3) is 5.56 Å². The van der Waals surface area contributed by atoms with Crippen LogP contribution >= 0.6 is 11.6 Å². The lowest BCUT2D eigenvalue weighted by Gasteiger charge is -2.11. The largest absolute Gasteiger partial charge is 0.477 e. The summed E-state index contributed by atoms with van der Waals surface area (Å²) >= 11 is 6.10. The number of hydrogen-bond donors (Lipinski definition) is 2. The van der Waals surface area contributed by atoms with Gasteiger partial charge in [-0.3, -0.25) is 9.36 Å². The first kappa shape index (κ1) is 18.3. The number of pyridine rings is 1. The van der Waals surface area contributed by atoms with Crippen LogP contribution in [-0.2, 0) is 6.54 Å². The highest BCUT2D eigenvalue weighted by atomic mass is 35.5. The van der Waals surface area contributed by atoms with Crippen LogP contribution in [0.25, 0.3) is 27.6 Å². The van der Waals surface area contributed by atoms with Crippen molar-refractivity contribution >= 4 is 39.5 Å². The second-order valence-corrected chi connectivity index (χ2v) is 7.51. The quantitative estimate of drug-likeness (QED) is 0.445. The number of carboxylic acids is 1. The Bertz CT molecular complexity index is 1490. The molecule has 30 heavy (non-hydrogen) atoms. The summed E-state index contributed by atoms with van der Waals surface area (Å²) < 4.78 is 3.23. The van der Waals surface area contributed by atoms with Gasteiger partial charge >= 0.3 is 5.97 Å². The Kier molecular flexibility index (Phi) is 4.22. The predicted molar refractivity (Wildman–Crippen MR) is 117 cm³/mol. The number of carboxylic acid groups (broad SMARTS) is 1. The SMILES string of the molecule is O=C(O)c1cc2c(ccc(=O)n2-c2ccc3[nH]ccc3c2)n1Cc1cccc(Cl)c1. The number of nitrogens with one attached hydrogen (secondary N) is 1. The topological polar surface area (TPSA) is 80.0 Å². The lowest BCUT2D eigenvalue weighted by Crippen LogP contribution is -2.17. The van der Waals surface area contributed by atoms with Gasteiger partial charge in [-0.2, -0.15) is 0 Å². The van der Waals surface area contributed by atoms with Crippen LogP contribution in [0, 0.1) is 0 Å². The summed E-state index contributed by atoms with van der Waals surface area (Å²) in [6.45, 7) is 0.320. The summed E-state index contributed by atoms with van der Waals surface area (Å²) in [4.78, 5) is 27.9. The van der Waals surface area contributed by atoms with E-state index in [9.17, 15) is 14.7 Å². The van der Waals surface area contributed by atoms with Crippen molar-refractivity contribution in [3.63, 3.8) is 0 Å². The van der Waals surface area contributed by atoms with Gasteiger partial charge in [-0.25, -0.2) is 4.79 Å². The van der Waals surface area contributed by atoms with Crippen LogP contribution in [0.1, 0.15) is 16.1 Å². The molecule has 0 spiro atoms. The number of hydrogen-bond acceptors (Lipinski definition) is 2. The molecule has 2 aromatic carbocycles. The van der Waals surface area contributed by atoms with Crippen LogP contribution in [0.15, 0.2) is 77.7 Å². The molecule has 3 heterocycles. The van der Waals surface area contributed by atoms with Crippen molar-refractivity contribution in [3.8, 4) is 5.69 Å². The maximum atomic E-state index is 12.8. The third-order valence-electron chi connectivity index (χ3n) is 5.21. The molecule has 0 unspecified atom stereocenters. The van der Waals surface area contributed by atoms with Crippen molar-refractivity contribution in [2.75, 3.05) is 0 Å². The summed E-state index contributed by atoms with van der Waals surface area (Å²) in [5.74, 6) is -1.06. The molecule has 7 heteroatoms. The van der Waals surface area contributed by atoms with Gasteiger partial charge in [-0.05, 0) is 54.1 Å². The highest BCUT2D eigenvalue weighted by Crippen LogP contribution is 2.25. The Hall–Kier alpha value is -3.77. The lowest BCUT2D eigenvalue weighted by molar-refractivity contribution is 0.0686. The molecule has 0 radical (unpaired) electrons. The van der Waals surface area contributed by atoms with Crippen LogP contribution in [-0.4, -0.2) is 25.2 Å². The van der Waals surface area contributed by atoms with Crippen LogP contribution in [0.3, 0.4) is 0 Å². The fourth-order valence-electron chi connectivity index (χ4n) is 3.86. The first-order chi connectivity index (χ1) is 14.5. The molecule has 6 nitrogen and oxygen atoms in total. The van der Waals surface area contributed by atoms with Crippen molar-refractivity contribution in [2.24, 2.45) is 0 Å². The molecule has 0 bridgehead atoms. The number of H-pyrrole nitrogens is 1. The smallest absolute Gasteiger partial charge is 0.352 e. The van der Waals surface area contributed by atoms with Gasteiger partial charge in [0.1, 0.15) is 5.69 Å². The third-order valence-corrected chi connectivity index (χ3v) is 5.44. The number of aromatic nitrogens is 3. The molecule has 0 amide bonds. The number of benzene rings is 2. The van der Waals surface area contributed by atoms with Gasteiger partial charge in [0.15, 0.2) is 0 Å². The monoisotopic (exact) mass is 417 g/mol. The molecule has 3 aromatic heterocycles. The van der Waals surface area contributed by atoms with E-state index in [1.807, 2.05) is 42.6 Å². The van der Waals surface area contributed by atoms with Crippen LogP contribution in [0.5, 0.6) is 0 Å². The number of aromatic carboxylic acids is 1. The minimum absolute atomic E-state index is 0.104. The molecule has 0 saturated carbocycles. The number of nitrogens with zero attached hydrogens (tertiary/aromatic N) is 2. The minimum atomic E-state index is -1.06. The van der Waals surface area contributed by atoms with Crippen molar-refractivity contribution in [3.05, 3.63) is 99.6 Å². The minimum Gasteiger partial charge on any atom is -0.477 e. The number of aromatic amines is 1. The average molecular weight is 418 g/mol. The van der Waals surface area contributed by atoms with E-state index in [0.29, 0.717) is 28.3 Å². The number of carbonyl (C=O) groups is 1. The van der Waals surface area contributed by atoms with Gasteiger partial charge in [0.2, 0.25) is 0 Å². The van der Waals surface area contributed by atoms with Crippen molar-refractivity contribution in [1.29, 1.82) is 0 Å². The number of fused-ring (bicyclic) bond motifs is 2. The van der Waals surface area contributed by atoms with Gasteiger partial charge < -0.3 is 14.7 Å². The van der Waals surface area contributed by atoms with Crippen molar-refractivity contribution < 1.29 is 9.90 Å². The highest BCUT2D eigenvalue weighted by molar-refractivity contribution is 6.30. The molecule has 0 saturated heterocycles. The lowest BCUT2D eigenvalue weighted by atomic mass is 10.2. The summed E-state index contributed by atoms with van der Waals surface area (Å²) in [7, 11) is 0. The Morgan fingerprint density at radius 3 is 2.67 bits per heavy atom. The zero-order valence-electron chi connectivity index (χ0n) is 15.7. The fraction of sp³-hybridized carbons (Fsp3) is 0.0435. The molecule has 0 aliphatic carbocycles. The highest BCUT2D eigenvalue weighted by Gasteiger charge is 2.19. The molecule has 0 fully saturated rings. The van der Waals surface area contributed by atoms with E-state index in [1.54, 1.807) is 33.4 Å². The van der Waals surface area contributed by atoms with E-state index in [4.69, 9.17) is 11.6 Å². The third kappa shape index (κ3) is 2.98. The maximum absolute atomic E-state index is 12.8. The standard InChI is InChI=1S/C23H16ClN3O3/c24-16-3-1-2-14(10-16)13-26-19-6-7-22(28)27(20(19)12-21(26)23(29)30)17-4-5-18-15(11-17)8-9-25-18/h1-12,25H,13H2,(H,29,30). The Morgan fingerprint density at radius 1 is 1.00 bits per heavy atom. The van der Waals surface area contributed by atoms with Gasteiger partial charge in [0, 0.05) is 34.7 Å². The molecule has 2 N–H and O–H groups in total. The predicted octanol–water partition coefficient (Wildman–Crippen LogP) is 4.67. The number of rotatable bonds is 4. The van der Waals surface area contributed by atoms with E-state index in [0.717, 1.165) is 16.5 Å². The van der Waals surface area contributed by atoms with Crippen LogP contribution < -0.4 is 5.56 Å². The number of halogens is 1. The molecule has 5 aromatic rings. The van der Waals surface area contributed by atoms with E-state index in [-0.39, 0.29) is 11.3 Å². The maximum Gasteiger partial charge on any atom is 0.352 e. The average Bonchev–Trinajstić information content (AvgIpc) is 3.32. The molecular weight excluding hydrogens is 402 g/mol.